The van der Waals surface area contributed by atoms with Crippen molar-refractivity contribution in [3.8, 4) is 16.9 Å². The summed E-state index contributed by atoms with van der Waals surface area (Å²) in [5.41, 5.74) is 4.53. The van der Waals surface area contributed by atoms with Gasteiger partial charge in [-0.3, -0.25) is 0 Å². The Labute approximate surface area is 244 Å². The van der Waals surface area contributed by atoms with Crippen LogP contribution in [0.2, 0.25) is 0 Å². The summed E-state index contributed by atoms with van der Waals surface area (Å²) in [4.78, 5) is 13.3. The fraction of sp³-hybridized carbons (Fsp3) is 0.167. The smallest absolute Gasteiger partial charge is 0.344 e. The van der Waals surface area contributed by atoms with E-state index >= 15 is 0 Å². The zero-order chi connectivity index (χ0) is 26.3. The molecule has 0 aliphatic heterocycles. The summed E-state index contributed by atoms with van der Waals surface area (Å²) in [6.07, 6.45) is 0.0106. The number of hydrogen-bond acceptors (Lipinski definition) is 3. The molecule has 1 unspecified atom stereocenters. The fourth-order valence-electron chi connectivity index (χ4n) is 4.67. The summed E-state index contributed by atoms with van der Waals surface area (Å²) >= 11 is 13.0. The molecule has 188 valence electrons. The van der Waals surface area contributed by atoms with Gasteiger partial charge < -0.3 is 9.84 Å². The normalized spacial score (nSPS) is 12.2. The van der Waals surface area contributed by atoms with Crippen molar-refractivity contribution in [3.63, 3.8) is 0 Å². The van der Waals surface area contributed by atoms with E-state index in [0.29, 0.717) is 27.5 Å². The topological polar surface area (TPSA) is 46.5 Å². The van der Waals surface area contributed by atoms with Crippen LogP contribution < -0.4 is 4.74 Å². The Hall–Kier alpha value is -2.19. The van der Waals surface area contributed by atoms with Crippen molar-refractivity contribution in [1.82, 2.24) is 0 Å². The number of halogens is 3. The highest BCUT2D eigenvalue weighted by Gasteiger charge is 2.24. The Balaban J connectivity index is 1.58. The van der Waals surface area contributed by atoms with Gasteiger partial charge in [-0.25, -0.2) is 4.79 Å². The maximum Gasteiger partial charge on any atom is 0.344 e. The molecule has 1 heterocycles. The first kappa shape index (κ1) is 26.4. The highest BCUT2D eigenvalue weighted by atomic mass is 79.9. The van der Waals surface area contributed by atoms with Crippen molar-refractivity contribution in [1.29, 1.82) is 0 Å². The third kappa shape index (κ3) is 5.11. The van der Waals surface area contributed by atoms with Crippen LogP contribution in [0.4, 0.5) is 0 Å². The molecule has 5 aromatic rings. The number of thiophene rings is 1. The van der Waals surface area contributed by atoms with Crippen LogP contribution in [0, 0.1) is 13.8 Å². The summed E-state index contributed by atoms with van der Waals surface area (Å²) in [5, 5.41) is 13.4. The number of rotatable bonds is 7. The largest absolute Gasteiger partial charge is 0.479 e. The molecule has 0 bridgehead atoms. The first-order valence-electron chi connectivity index (χ1n) is 11.8. The highest BCUT2D eigenvalue weighted by Crippen LogP contribution is 2.49. The van der Waals surface area contributed by atoms with E-state index in [-0.39, 0.29) is 0 Å². The average molecular weight is 703 g/mol. The van der Waals surface area contributed by atoms with Crippen LogP contribution in [0.3, 0.4) is 0 Å². The lowest BCUT2D eigenvalue weighted by Crippen LogP contribution is -2.28. The van der Waals surface area contributed by atoms with Gasteiger partial charge in [0.1, 0.15) is 5.75 Å². The Kier molecular flexibility index (Phi) is 7.78. The molecule has 5 rings (SSSR count). The predicted molar refractivity (Wildman–Crippen MR) is 164 cm³/mol. The number of hydrogen-bond donors (Lipinski definition) is 1. The molecule has 0 fully saturated rings. The highest BCUT2D eigenvalue weighted by molar-refractivity contribution is 9.11. The monoisotopic (exact) mass is 700 g/mol. The molecular weight excluding hydrogens is 680 g/mol. The Morgan fingerprint density at radius 3 is 2.22 bits per heavy atom. The minimum atomic E-state index is -0.983. The molecule has 1 N–H and O–H groups in total. The molecule has 1 atom stereocenters. The van der Waals surface area contributed by atoms with Gasteiger partial charge in [0.25, 0.3) is 0 Å². The van der Waals surface area contributed by atoms with E-state index in [1.54, 1.807) is 11.3 Å². The van der Waals surface area contributed by atoms with Crippen LogP contribution in [0.15, 0.2) is 80.1 Å². The van der Waals surface area contributed by atoms with Crippen LogP contribution in [0.25, 0.3) is 32.0 Å². The van der Waals surface area contributed by atoms with Crippen LogP contribution >= 0.6 is 59.1 Å². The van der Waals surface area contributed by atoms with Gasteiger partial charge in [-0.15, -0.1) is 11.3 Å². The summed E-state index contributed by atoms with van der Waals surface area (Å²) in [5.74, 6) is -0.496. The number of benzene rings is 4. The minimum absolute atomic E-state index is 0.366. The summed E-state index contributed by atoms with van der Waals surface area (Å²) in [6, 6.07) is 22.3. The zero-order valence-corrected chi connectivity index (χ0v) is 25.7. The first-order valence-corrected chi connectivity index (χ1v) is 15.0. The van der Waals surface area contributed by atoms with Crippen molar-refractivity contribution >= 4 is 86.0 Å². The van der Waals surface area contributed by atoms with E-state index in [9.17, 15) is 9.90 Å². The molecule has 0 saturated heterocycles. The van der Waals surface area contributed by atoms with Crippen molar-refractivity contribution in [2.45, 2.75) is 32.8 Å². The summed E-state index contributed by atoms with van der Waals surface area (Å²) in [7, 11) is 0. The van der Waals surface area contributed by atoms with Crippen molar-refractivity contribution < 1.29 is 14.6 Å². The lowest BCUT2D eigenvalue weighted by atomic mass is 9.93. The van der Waals surface area contributed by atoms with Gasteiger partial charge in [-0.2, -0.15) is 0 Å². The quantitative estimate of drug-likeness (QED) is 0.184. The predicted octanol–water partition coefficient (Wildman–Crippen LogP) is 10.1. The molecule has 1 aromatic heterocycles. The van der Waals surface area contributed by atoms with Gasteiger partial charge in [-0.05, 0) is 120 Å². The molecule has 37 heavy (non-hydrogen) atoms. The van der Waals surface area contributed by atoms with Gasteiger partial charge in [0, 0.05) is 14.7 Å². The molecule has 0 aliphatic carbocycles. The molecule has 0 saturated carbocycles. The van der Waals surface area contributed by atoms with Gasteiger partial charge in [0.05, 0.1) is 13.6 Å². The molecule has 7 heteroatoms. The van der Waals surface area contributed by atoms with Crippen molar-refractivity contribution in [3.05, 3.63) is 96.2 Å². The molecule has 0 radical (unpaired) electrons. The maximum absolute atomic E-state index is 12.0. The lowest BCUT2D eigenvalue weighted by Gasteiger charge is -2.19. The molecule has 0 spiro atoms. The van der Waals surface area contributed by atoms with Crippen LogP contribution in [-0.4, -0.2) is 17.2 Å². The standard InChI is InChI=1S/C30H23Br3O3S/c1-16-17(2)37-29-25(16)26(20-10-6-7-11-21(20)27(29)33)19-14-22(31)28(23(32)15-19)36-24(30(34)35)13-12-18-8-4-3-5-9-18/h3-11,14-15,24H,12-13H2,1-2H3,(H,34,35). The number of carboxylic acid groups (broad SMARTS) is 1. The van der Waals surface area contributed by atoms with Gasteiger partial charge >= 0.3 is 5.97 Å². The number of fused-ring (bicyclic) bond motifs is 2. The molecule has 3 nitrogen and oxygen atoms in total. The van der Waals surface area contributed by atoms with E-state index in [4.69, 9.17) is 4.74 Å². The molecule has 4 aromatic carbocycles. The third-order valence-corrected chi connectivity index (χ3v) is 10.1. The van der Waals surface area contributed by atoms with E-state index < -0.39 is 12.1 Å². The van der Waals surface area contributed by atoms with Gasteiger partial charge in [-0.1, -0.05) is 54.6 Å². The minimum Gasteiger partial charge on any atom is -0.479 e. The lowest BCUT2D eigenvalue weighted by molar-refractivity contribution is -0.145. The molecular formula is C30H23Br3O3S. The second-order valence-corrected chi connectivity index (χ2v) is 12.7. The Morgan fingerprint density at radius 1 is 0.946 bits per heavy atom. The summed E-state index contributed by atoms with van der Waals surface area (Å²) < 4.78 is 9.82. The van der Waals surface area contributed by atoms with Crippen molar-refractivity contribution in [2.24, 2.45) is 0 Å². The summed E-state index contributed by atoms with van der Waals surface area (Å²) in [6.45, 7) is 4.33. The van der Waals surface area contributed by atoms with Gasteiger partial charge in [0.2, 0.25) is 0 Å². The third-order valence-electron chi connectivity index (χ3n) is 6.63. The second kappa shape index (κ2) is 10.9. The average Bonchev–Trinajstić information content (AvgIpc) is 3.18. The number of carboxylic acids is 1. The SMILES string of the molecule is Cc1sc2c(Br)c3ccccc3c(-c3cc(Br)c(OC(CCc4ccccc4)C(=O)O)c(Br)c3)c2c1C. The van der Waals surface area contributed by atoms with Gasteiger partial charge in [0.15, 0.2) is 6.10 Å². The zero-order valence-electron chi connectivity index (χ0n) is 20.1. The number of aryl methyl sites for hydroxylation is 3. The van der Waals surface area contributed by atoms with Crippen molar-refractivity contribution in [2.75, 3.05) is 0 Å². The van der Waals surface area contributed by atoms with Crippen LogP contribution in [0.1, 0.15) is 22.4 Å². The fourth-order valence-corrected chi connectivity index (χ4v) is 7.94. The number of aliphatic carboxylic acids is 1. The second-order valence-electron chi connectivity index (χ2n) is 8.96. The van der Waals surface area contributed by atoms with Crippen LogP contribution in [0.5, 0.6) is 5.75 Å². The number of ether oxygens (including phenoxy) is 1. The van der Waals surface area contributed by atoms with E-state index in [0.717, 1.165) is 31.9 Å². The molecule has 0 aliphatic rings. The number of carbonyl (C=O) groups is 1. The maximum atomic E-state index is 12.0. The van der Waals surface area contributed by atoms with Crippen LogP contribution in [-0.2, 0) is 11.2 Å². The van der Waals surface area contributed by atoms with E-state index in [1.165, 1.54) is 20.5 Å². The first-order chi connectivity index (χ1) is 17.8. The molecule has 0 amide bonds. The Bertz CT molecular complexity index is 1620. The van der Waals surface area contributed by atoms with E-state index in [2.05, 4.69) is 85.9 Å². The van der Waals surface area contributed by atoms with E-state index in [1.807, 2.05) is 42.5 Å². The Morgan fingerprint density at radius 2 is 1.57 bits per heavy atom.